The van der Waals surface area contributed by atoms with E-state index in [-0.39, 0.29) is 18.2 Å². The van der Waals surface area contributed by atoms with Crippen LogP contribution in [-0.2, 0) is 0 Å². The van der Waals surface area contributed by atoms with E-state index in [4.69, 9.17) is 0 Å². The zero-order valence-electron chi connectivity index (χ0n) is 10.1. The van der Waals surface area contributed by atoms with Gasteiger partial charge in [-0.2, -0.15) is 0 Å². The summed E-state index contributed by atoms with van der Waals surface area (Å²) in [4.78, 5) is 13.4. The number of hydrogen-bond donors (Lipinski definition) is 2. The van der Waals surface area contributed by atoms with Crippen molar-refractivity contribution in [1.82, 2.24) is 4.90 Å². The second-order valence-corrected chi connectivity index (χ2v) is 5.49. The van der Waals surface area contributed by atoms with Gasteiger partial charge in [-0.05, 0) is 48.0 Å². The third kappa shape index (κ3) is 4.02. The summed E-state index contributed by atoms with van der Waals surface area (Å²) < 4.78 is 0.541. The Bertz CT molecular complexity index is 426. The normalized spacial score (nSPS) is 11.4. The summed E-state index contributed by atoms with van der Waals surface area (Å²) in [6.07, 6.45) is 0. The topological polar surface area (TPSA) is 60.8 Å². The van der Waals surface area contributed by atoms with Gasteiger partial charge in [0.1, 0.15) is 5.75 Å². The molecule has 2 N–H and O–H groups in total. The maximum Gasteiger partial charge on any atom is 0.253 e. The number of amides is 1. The standard InChI is InChI=1S/C12H16BrNO3/c1-12(2,17)7-14(3)11(16)8-4-5-9(13)10(15)6-8/h4-6,15,17H,7H2,1-3H3. The highest BCUT2D eigenvalue weighted by atomic mass is 79.9. The van der Waals surface area contributed by atoms with E-state index < -0.39 is 5.60 Å². The molecule has 94 valence electrons. The van der Waals surface area contributed by atoms with Crippen molar-refractivity contribution in [2.24, 2.45) is 0 Å². The molecule has 1 aromatic carbocycles. The van der Waals surface area contributed by atoms with Gasteiger partial charge in [-0.15, -0.1) is 0 Å². The monoisotopic (exact) mass is 301 g/mol. The molecule has 4 nitrogen and oxygen atoms in total. The van der Waals surface area contributed by atoms with Crippen LogP contribution >= 0.6 is 15.9 Å². The number of rotatable bonds is 3. The Kier molecular flexibility index (Phi) is 4.16. The van der Waals surface area contributed by atoms with Gasteiger partial charge in [0, 0.05) is 19.2 Å². The van der Waals surface area contributed by atoms with E-state index in [1.165, 1.54) is 11.0 Å². The molecular formula is C12H16BrNO3. The molecule has 0 heterocycles. The van der Waals surface area contributed by atoms with Crippen LogP contribution in [0.2, 0.25) is 0 Å². The smallest absolute Gasteiger partial charge is 0.253 e. The summed E-state index contributed by atoms with van der Waals surface area (Å²) in [6.45, 7) is 3.49. The molecule has 0 aliphatic heterocycles. The minimum absolute atomic E-state index is 0.0208. The molecule has 0 aliphatic carbocycles. The van der Waals surface area contributed by atoms with Crippen LogP contribution in [0.25, 0.3) is 0 Å². The number of phenolic OH excluding ortho intramolecular Hbond substituents is 1. The predicted octanol–water partition coefficient (Wildman–Crippen LogP) is 2.00. The first-order valence-electron chi connectivity index (χ1n) is 5.17. The van der Waals surface area contributed by atoms with Gasteiger partial charge in [0.05, 0.1) is 10.1 Å². The van der Waals surface area contributed by atoms with Crippen LogP contribution in [-0.4, -0.2) is 40.2 Å². The van der Waals surface area contributed by atoms with Gasteiger partial charge in [-0.25, -0.2) is 0 Å². The minimum Gasteiger partial charge on any atom is -0.507 e. The van der Waals surface area contributed by atoms with Crippen molar-refractivity contribution in [2.45, 2.75) is 19.4 Å². The number of halogens is 1. The lowest BCUT2D eigenvalue weighted by atomic mass is 10.1. The summed E-state index contributed by atoms with van der Waals surface area (Å²) in [5.41, 5.74) is -0.556. The molecule has 0 bridgehead atoms. The van der Waals surface area contributed by atoms with Crippen LogP contribution < -0.4 is 0 Å². The van der Waals surface area contributed by atoms with E-state index in [1.54, 1.807) is 33.0 Å². The molecule has 0 spiro atoms. The van der Waals surface area contributed by atoms with Crippen molar-refractivity contribution in [3.8, 4) is 5.75 Å². The SMILES string of the molecule is CN(CC(C)(C)O)C(=O)c1ccc(Br)c(O)c1. The van der Waals surface area contributed by atoms with Crippen LogP contribution in [0.1, 0.15) is 24.2 Å². The average molecular weight is 302 g/mol. The highest BCUT2D eigenvalue weighted by Crippen LogP contribution is 2.24. The molecule has 0 fully saturated rings. The summed E-state index contributed by atoms with van der Waals surface area (Å²) in [7, 11) is 1.61. The van der Waals surface area contributed by atoms with Gasteiger partial charge in [0.2, 0.25) is 0 Å². The van der Waals surface area contributed by atoms with Crippen LogP contribution in [0.15, 0.2) is 22.7 Å². The van der Waals surface area contributed by atoms with E-state index in [0.717, 1.165) is 0 Å². The molecule has 5 heteroatoms. The molecule has 0 radical (unpaired) electrons. The quantitative estimate of drug-likeness (QED) is 0.898. The highest BCUT2D eigenvalue weighted by Gasteiger charge is 2.20. The van der Waals surface area contributed by atoms with Crippen LogP contribution in [0.4, 0.5) is 0 Å². The summed E-state index contributed by atoms with van der Waals surface area (Å²) in [6, 6.07) is 4.63. The Hall–Kier alpha value is -1.07. The maximum atomic E-state index is 12.0. The number of nitrogens with zero attached hydrogens (tertiary/aromatic N) is 1. The predicted molar refractivity (Wildman–Crippen MR) is 69.1 cm³/mol. The molecule has 1 rings (SSSR count). The molecule has 0 unspecified atom stereocenters. The van der Waals surface area contributed by atoms with Crippen molar-refractivity contribution < 1.29 is 15.0 Å². The molecule has 0 atom stereocenters. The van der Waals surface area contributed by atoms with Crippen molar-refractivity contribution in [1.29, 1.82) is 0 Å². The van der Waals surface area contributed by atoms with Gasteiger partial charge in [0.15, 0.2) is 0 Å². The van der Waals surface area contributed by atoms with Crippen molar-refractivity contribution in [3.05, 3.63) is 28.2 Å². The highest BCUT2D eigenvalue weighted by molar-refractivity contribution is 9.10. The lowest BCUT2D eigenvalue weighted by Crippen LogP contribution is -2.39. The fourth-order valence-corrected chi connectivity index (χ4v) is 1.76. The van der Waals surface area contributed by atoms with Gasteiger partial charge in [0.25, 0.3) is 5.91 Å². The van der Waals surface area contributed by atoms with Gasteiger partial charge in [-0.3, -0.25) is 4.79 Å². The van der Waals surface area contributed by atoms with Gasteiger partial charge < -0.3 is 15.1 Å². The zero-order valence-corrected chi connectivity index (χ0v) is 11.7. The molecule has 17 heavy (non-hydrogen) atoms. The lowest BCUT2D eigenvalue weighted by Gasteiger charge is -2.25. The molecule has 1 aromatic rings. The Balaban J connectivity index is 2.85. The largest absolute Gasteiger partial charge is 0.507 e. The Morgan fingerprint density at radius 3 is 2.53 bits per heavy atom. The molecule has 0 saturated carbocycles. The number of aromatic hydroxyl groups is 1. The van der Waals surface area contributed by atoms with Gasteiger partial charge in [-0.1, -0.05) is 0 Å². The fourth-order valence-electron chi connectivity index (χ4n) is 1.52. The maximum absolute atomic E-state index is 12.0. The minimum atomic E-state index is -0.943. The van der Waals surface area contributed by atoms with Crippen LogP contribution in [0.5, 0.6) is 5.75 Å². The Morgan fingerprint density at radius 2 is 2.06 bits per heavy atom. The summed E-state index contributed by atoms with van der Waals surface area (Å²) >= 11 is 3.15. The molecule has 0 aromatic heterocycles. The van der Waals surface area contributed by atoms with E-state index >= 15 is 0 Å². The number of phenols is 1. The second kappa shape index (κ2) is 5.06. The summed E-state index contributed by atoms with van der Waals surface area (Å²) in [5, 5.41) is 19.1. The number of aliphatic hydroxyl groups is 1. The number of likely N-dealkylation sites (N-methyl/N-ethyl adjacent to an activating group) is 1. The van der Waals surface area contributed by atoms with Crippen molar-refractivity contribution in [2.75, 3.05) is 13.6 Å². The third-order valence-corrected chi connectivity index (χ3v) is 2.83. The Morgan fingerprint density at radius 1 is 1.47 bits per heavy atom. The third-order valence-electron chi connectivity index (χ3n) is 2.16. The first kappa shape index (κ1) is 14.0. The van der Waals surface area contributed by atoms with Crippen LogP contribution in [0.3, 0.4) is 0 Å². The first-order chi connectivity index (χ1) is 7.70. The van der Waals surface area contributed by atoms with Gasteiger partial charge >= 0.3 is 0 Å². The number of hydrogen-bond acceptors (Lipinski definition) is 3. The fraction of sp³-hybridized carbons (Fsp3) is 0.417. The van der Waals surface area contributed by atoms with Crippen molar-refractivity contribution in [3.63, 3.8) is 0 Å². The average Bonchev–Trinajstić information content (AvgIpc) is 2.18. The molecule has 0 aliphatic rings. The number of carbonyl (C=O) groups excluding carboxylic acids is 1. The Labute approximate surface area is 109 Å². The van der Waals surface area contributed by atoms with E-state index in [2.05, 4.69) is 15.9 Å². The number of benzene rings is 1. The summed E-state index contributed by atoms with van der Waals surface area (Å²) in [5.74, 6) is -0.220. The second-order valence-electron chi connectivity index (χ2n) is 4.64. The molecule has 1 amide bonds. The molecule has 0 saturated heterocycles. The van der Waals surface area contributed by atoms with E-state index in [1.807, 2.05) is 0 Å². The zero-order chi connectivity index (χ0) is 13.2. The van der Waals surface area contributed by atoms with E-state index in [0.29, 0.717) is 10.0 Å². The lowest BCUT2D eigenvalue weighted by molar-refractivity contribution is 0.0368. The number of carbonyl (C=O) groups is 1. The van der Waals surface area contributed by atoms with Crippen molar-refractivity contribution >= 4 is 21.8 Å². The first-order valence-corrected chi connectivity index (χ1v) is 5.96. The van der Waals surface area contributed by atoms with E-state index in [9.17, 15) is 15.0 Å². The molecular weight excluding hydrogens is 286 g/mol. The van der Waals surface area contributed by atoms with Crippen LogP contribution in [0, 0.1) is 0 Å².